The molecule has 0 aliphatic carbocycles. The van der Waals surface area contributed by atoms with E-state index in [9.17, 15) is 9.59 Å². The van der Waals surface area contributed by atoms with Gasteiger partial charge < -0.3 is 16.0 Å². The molecule has 0 aromatic heterocycles. The van der Waals surface area contributed by atoms with E-state index in [0.717, 1.165) is 37.1 Å². The fourth-order valence-corrected chi connectivity index (χ4v) is 3.59. The molecule has 2 amide bonds. The molecule has 3 rings (SSSR count). The first-order chi connectivity index (χ1) is 13.1. The Labute approximate surface area is 160 Å². The van der Waals surface area contributed by atoms with Crippen LogP contribution in [-0.2, 0) is 11.2 Å². The quantitative estimate of drug-likeness (QED) is 0.773. The van der Waals surface area contributed by atoms with E-state index in [1.807, 2.05) is 47.4 Å². The van der Waals surface area contributed by atoms with Crippen LogP contribution >= 0.6 is 0 Å². The molecule has 142 valence electrons. The van der Waals surface area contributed by atoms with Gasteiger partial charge in [-0.15, -0.1) is 0 Å². The lowest BCUT2D eigenvalue weighted by molar-refractivity contribution is -0.134. The summed E-state index contributed by atoms with van der Waals surface area (Å²) >= 11 is 0. The normalized spacial score (nSPS) is 16.7. The van der Waals surface area contributed by atoms with Gasteiger partial charge in [0.15, 0.2) is 0 Å². The number of nitrogens with two attached hydrogens (primary N) is 1. The number of amides is 2. The van der Waals surface area contributed by atoms with E-state index in [0.29, 0.717) is 24.9 Å². The number of rotatable bonds is 6. The molecular formula is C22H27N3O2. The standard InChI is InChI=1S/C22H27N3O2/c23-20-12-5-4-8-17(20)13-14-21(26)25-15-7-6-11-19(25)16-24-22(27)18-9-2-1-3-10-18/h1-5,8-10,12,19H,6-7,11,13-16,23H2,(H,24,27). The van der Waals surface area contributed by atoms with Crippen LogP contribution < -0.4 is 11.1 Å². The van der Waals surface area contributed by atoms with Gasteiger partial charge >= 0.3 is 0 Å². The molecule has 5 heteroatoms. The molecule has 2 aromatic rings. The van der Waals surface area contributed by atoms with Gasteiger partial charge in [-0.1, -0.05) is 36.4 Å². The highest BCUT2D eigenvalue weighted by atomic mass is 16.2. The number of para-hydroxylation sites is 1. The Kier molecular flexibility index (Phi) is 6.47. The number of carbonyl (C=O) groups excluding carboxylic acids is 2. The van der Waals surface area contributed by atoms with Crippen molar-refractivity contribution >= 4 is 17.5 Å². The van der Waals surface area contributed by atoms with E-state index in [-0.39, 0.29) is 17.9 Å². The molecule has 0 saturated carbocycles. The van der Waals surface area contributed by atoms with Crippen LogP contribution in [0.25, 0.3) is 0 Å². The van der Waals surface area contributed by atoms with Gasteiger partial charge in [-0.05, 0) is 49.4 Å². The third kappa shape index (κ3) is 5.09. The zero-order chi connectivity index (χ0) is 19.1. The van der Waals surface area contributed by atoms with Gasteiger partial charge in [-0.3, -0.25) is 9.59 Å². The van der Waals surface area contributed by atoms with Crippen molar-refractivity contribution in [2.45, 2.75) is 38.1 Å². The number of benzene rings is 2. The largest absolute Gasteiger partial charge is 0.399 e. The summed E-state index contributed by atoms with van der Waals surface area (Å²) in [5.74, 6) is 0.0440. The maximum Gasteiger partial charge on any atom is 0.251 e. The van der Waals surface area contributed by atoms with Crippen molar-refractivity contribution in [3.05, 3.63) is 65.7 Å². The molecule has 2 aromatic carbocycles. The second-order valence-electron chi connectivity index (χ2n) is 7.01. The molecule has 1 aliphatic rings. The van der Waals surface area contributed by atoms with Crippen molar-refractivity contribution in [1.29, 1.82) is 0 Å². The van der Waals surface area contributed by atoms with E-state index in [1.165, 1.54) is 0 Å². The molecular weight excluding hydrogens is 338 g/mol. The fourth-order valence-electron chi connectivity index (χ4n) is 3.59. The minimum atomic E-state index is -0.0920. The lowest BCUT2D eigenvalue weighted by Gasteiger charge is -2.36. The first-order valence-corrected chi connectivity index (χ1v) is 9.61. The zero-order valence-corrected chi connectivity index (χ0v) is 15.6. The second kappa shape index (κ2) is 9.21. The Hall–Kier alpha value is -2.82. The minimum absolute atomic E-state index is 0.0621. The molecule has 1 saturated heterocycles. The smallest absolute Gasteiger partial charge is 0.251 e. The average Bonchev–Trinajstić information content (AvgIpc) is 2.72. The summed E-state index contributed by atoms with van der Waals surface area (Å²) in [6, 6.07) is 16.9. The number of nitrogens with zero attached hydrogens (tertiary/aromatic N) is 1. The monoisotopic (exact) mass is 365 g/mol. The van der Waals surface area contributed by atoms with Crippen LogP contribution in [0.15, 0.2) is 54.6 Å². The number of piperidine rings is 1. The van der Waals surface area contributed by atoms with Crippen LogP contribution in [0.4, 0.5) is 5.69 Å². The highest BCUT2D eigenvalue weighted by Crippen LogP contribution is 2.19. The summed E-state index contributed by atoms with van der Waals surface area (Å²) in [7, 11) is 0. The maximum absolute atomic E-state index is 12.8. The average molecular weight is 365 g/mol. The second-order valence-corrected chi connectivity index (χ2v) is 7.01. The molecule has 27 heavy (non-hydrogen) atoms. The van der Waals surface area contributed by atoms with Gasteiger partial charge in [-0.25, -0.2) is 0 Å². The van der Waals surface area contributed by atoms with Gasteiger partial charge in [0.25, 0.3) is 5.91 Å². The number of aryl methyl sites for hydroxylation is 1. The van der Waals surface area contributed by atoms with Gasteiger partial charge in [0, 0.05) is 36.8 Å². The first-order valence-electron chi connectivity index (χ1n) is 9.61. The SMILES string of the molecule is Nc1ccccc1CCC(=O)N1CCCCC1CNC(=O)c1ccccc1. The summed E-state index contributed by atoms with van der Waals surface area (Å²) in [6.45, 7) is 1.25. The van der Waals surface area contributed by atoms with Crippen molar-refractivity contribution in [3.8, 4) is 0 Å². The number of hydrogen-bond acceptors (Lipinski definition) is 3. The van der Waals surface area contributed by atoms with E-state index in [2.05, 4.69) is 5.32 Å². The van der Waals surface area contributed by atoms with Crippen LogP contribution in [0.1, 0.15) is 41.6 Å². The predicted octanol–water partition coefficient (Wildman–Crippen LogP) is 3.01. The molecule has 0 spiro atoms. The lowest BCUT2D eigenvalue weighted by Crippen LogP contribution is -2.49. The molecule has 3 N–H and O–H groups in total. The molecule has 0 radical (unpaired) electrons. The first kappa shape index (κ1) is 19.0. The maximum atomic E-state index is 12.8. The van der Waals surface area contributed by atoms with Crippen LogP contribution in [0.3, 0.4) is 0 Å². The fraction of sp³-hybridized carbons (Fsp3) is 0.364. The summed E-state index contributed by atoms with van der Waals surface area (Å²) in [6.07, 6.45) is 4.11. The van der Waals surface area contributed by atoms with Crippen LogP contribution in [0.2, 0.25) is 0 Å². The molecule has 1 aliphatic heterocycles. The topological polar surface area (TPSA) is 75.4 Å². The van der Waals surface area contributed by atoms with E-state index in [4.69, 9.17) is 5.73 Å². The van der Waals surface area contributed by atoms with Crippen molar-refractivity contribution < 1.29 is 9.59 Å². The van der Waals surface area contributed by atoms with Crippen molar-refractivity contribution in [2.24, 2.45) is 0 Å². The van der Waals surface area contributed by atoms with Crippen molar-refractivity contribution in [3.63, 3.8) is 0 Å². The Bertz CT molecular complexity index is 776. The minimum Gasteiger partial charge on any atom is -0.399 e. The van der Waals surface area contributed by atoms with E-state index in [1.54, 1.807) is 12.1 Å². The van der Waals surface area contributed by atoms with E-state index >= 15 is 0 Å². The molecule has 1 fully saturated rings. The molecule has 1 atom stereocenters. The number of nitrogens with one attached hydrogen (secondary N) is 1. The highest BCUT2D eigenvalue weighted by Gasteiger charge is 2.26. The third-order valence-corrected chi connectivity index (χ3v) is 5.15. The highest BCUT2D eigenvalue weighted by molar-refractivity contribution is 5.94. The summed E-state index contributed by atoms with van der Waals surface area (Å²) < 4.78 is 0. The van der Waals surface area contributed by atoms with Gasteiger partial charge in [-0.2, -0.15) is 0 Å². The summed E-state index contributed by atoms with van der Waals surface area (Å²) in [5.41, 5.74) is 8.36. The predicted molar refractivity (Wildman–Crippen MR) is 107 cm³/mol. The van der Waals surface area contributed by atoms with Crippen LogP contribution in [-0.4, -0.2) is 35.8 Å². The molecule has 1 unspecified atom stereocenters. The number of carbonyl (C=O) groups is 2. The molecule has 0 bridgehead atoms. The molecule has 1 heterocycles. The third-order valence-electron chi connectivity index (χ3n) is 5.15. The van der Waals surface area contributed by atoms with Gasteiger partial charge in [0.05, 0.1) is 0 Å². The number of nitrogen functional groups attached to an aromatic ring is 1. The number of anilines is 1. The Morgan fingerprint density at radius 1 is 1.04 bits per heavy atom. The van der Waals surface area contributed by atoms with Crippen LogP contribution in [0.5, 0.6) is 0 Å². The van der Waals surface area contributed by atoms with Crippen LogP contribution in [0, 0.1) is 0 Å². The van der Waals surface area contributed by atoms with Gasteiger partial charge in [0.2, 0.25) is 5.91 Å². The number of hydrogen-bond donors (Lipinski definition) is 2. The Morgan fingerprint density at radius 2 is 1.78 bits per heavy atom. The zero-order valence-electron chi connectivity index (χ0n) is 15.6. The Balaban J connectivity index is 1.55. The van der Waals surface area contributed by atoms with Crippen molar-refractivity contribution in [2.75, 3.05) is 18.8 Å². The number of likely N-dealkylation sites (tertiary alicyclic amines) is 1. The van der Waals surface area contributed by atoms with Gasteiger partial charge in [0.1, 0.15) is 0 Å². The van der Waals surface area contributed by atoms with Crippen molar-refractivity contribution in [1.82, 2.24) is 10.2 Å². The summed E-state index contributed by atoms with van der Waals surface area (Å²) in [5, 5.41) is 2.98. The Morgan fingerprint density at radius 3 is 2.56 bits per heavy atom. The van der Waals surface area contributed by atoms with E-state index < -0.39 is 0 Å². The molecule has 5 nitrogen and oxygen atoms in total. The lowest BCUT2D eigenvalue weighted by atomic mass is 10.00. The summed E-state index contributed by atoms with van der Waals surface area (Å²) in [4.78, 5) is 27.0.